The summed E-state index contributed by atoms with van der Waals surface area (Å²) in [6.07, 6.45) is 2.95. The van der Waals surface area contributed by atoms with Crippen molar-refractivity contribution >= 4 is 11.9 Å². The third kappa shape index (κ3) is 3.38. The van der Waals surface area contributed by atoms with E-state index in [9.17, 15) is 14.7 Å². The molecule has 1 amide bonds. The van der Waals surface area contributed by atoms with Crippen molar-refractivity contribution < 1.29 is 19.4 Å². The average Bonchev–Trinajstić information content (AvgIpc) is 2.90. The van der Waals surface area contributed by atoms with Crippen LogP contribution >= 0.6 is 0 Å². The number of ether oxygens (including phenoxy) is 1. The molecular formula is C14H15N3O4. The fraction of sp³-hybridized carbons (Fsp3) is 0.214. The van der Waals surface area contributed by atoms with E-state index in [0.717, 1.165) is 0 Å². The number of aryl methyl sites for hydroxylation is 1. The molecular weight excluding hydrogens is 274 g/mol. The van der Waals surface area contributed by atoms with Gasteiger partial charge in [0.05, 0.1) is 13.3 Å². The highest BCUT2D eigenvalue weighted by Gasteiger charge is 2.24. The summed E-state index contributed by atoms with van der Waals surface area (Å²) in [7, 11) is 3.17. The van der Waals surface area contributed by atoms with Crippen molar-refractivity contribution in [2.24, 2.45) is 7.05 Å². The molecule has 2 rings (SSSR count). The average molecular weight is 289 g/mol. The first-order chi connectivity index (χ1) is 10.0. The molecule has 110 valence electrons. The summed E-state index contributed by atoms with van der Waals surface area (Å²) >= 11 is 0. The topological polar surface area (TPSA) is 93.4 Å². The molecule has 0 spiro atoms. The van der Waals surface area contributed by atoms with E-state index in [1.165, 1.54) is 24.1 Å². The monoisotopic (exact) mass is 289 g/mol. The maximum atomic E-state index is 12.2. The van der Waals surface area contributed by atoms with Gasteiger partial charge >= 0.3 is 5.97 Å². The highest BCUT2D eigenvalue weighted by atomic mass is 16.5. The second-order valence-electron chi connectivity index (χ2n) is 4.42. The lowest BCUT2D eigenvalue weighted by atomic mass is 10.1. The van der Waals surface area contributed by atoms with Crippen LogP contribution in [-0.2, 0) is 11.8 Å². The van der Waals surface area contributed by atoms with Gasteiger partial charge in [0.15, 0.2) is 6.04 Å². The summed E-state index contributed by atoms with van der Waals surface area (Å²) in [5.41, 5.74) is 0.728. The summed E-state index contributed by atoms with van der Waals surface area (Å²) in [4.78, 5) is 23.5. The molecule has 1 unspecified atom stereocenters. The zero-order valence-corrected chi connectivity index (χ0v) is 11.6. The van der Waals surface area contributed by atoms with Gasteiger partial charge in [0.25, 0.3) is 5.91 Å². The van der Waals surface area contributed by atoms with Gasteiger partial charge in [-0.2, -0.15) is 5.10 Å². The molecule has 7 nitrogen and oxygen atoms in total. The number of hydrogen-bond acceptors (Lipinski definition) is 4. The molecule has 1 aromatic carbocycles. The number of nitrogens with zero attached hydrogens (tertiary/aromatic N) is 2. The minimum Gasteiger partial charge on any atom is -0.497 e. The van der Waals surface area contributed by atoms with Crippen LogP contribution in [0, 0.1) is 0 Å². The fourth-order valence-corrected chi connectivity index (χ4v) is 1.86. The Morgan fingerprint density at radius 2 is 2.19 bits per heavy atom. The number of carbonyl (C=O) groups is 2. The number of aromatic nitrogens is 2. The van der Waals surface area contributed by atoms with E-state index in [4.69, 9.17) is 4.74 Å². The van der Waals surface area contributed by atoms with Gasteiger partial charge in [-0.25, -0.2) is 4.79 Å². The molecule has 1 aromatic heterocycles. The van der Waals surface area contributed by atoms with Crippen LogP contribution in [0.4, 0.5) is 0 Å². The third-order valence-corrected chi connectivity index (χ3v) is 2.91. The molecule has 0 bridgehead atoms. The van der Waals surface area contributed by atoms with Crippen molar-refractivity contribution in [1.82, 2.24) is 15.1 Å². The zero-order valence-electron chi connectivity index (χ0n) is 11.6. The zero-order chi connectivity index (χ0) is 15.4. The van der Waals surface area contributed by atoms with Gasteiger partial charge < -0.3 is 15.2 Å². The molecule has 0 aliphatic heterocycles. The molecule has 0 fully saturated rings. The predicted octanol–water partition coefficient (Wildman–Crippen LogP) is 0.984. The quantitative estimate of drug-likeness (QED) is 0.856. The van der Waals surface area contributed by atoms with Crippen molar-refractivity contribution in [3.8, 4) is 5.75 Å². The Kier molecular flexibility index (Phi) is 4.22. The van der Waals surface area contributed by atoms with Gasteiger partial charge in [-0.05, 0) is 18.2 Å². The molecule has 0 aliphatic carbocycles. The number of carboxylic acid groups (broad SMARTS) is 1. The van der Waals surface area contributed by atoms with E-state index >= 15 is 0 Å². The SMILES string of the molecule is COc1cccc(C(=O)NC(C(=O)O)c2cnn(C)c2)c1. The second kappa shape index (κ2) is 6.08. The standard InChI is InChI=1S/C14H15N3O4/c1-17-8-10(7-15-17)12(14(19)20)16-13(18)9-4-3-5-11(6-9)21-2/h3-8,12H,1-2H3,(H,16,18)(H,19,20). The van der Waals surface area contributed by atoms with Crippen LogP contribution < -0.4 is 10.1 Å². The predicted molar refractivity (Wildman–Crippen MR) is 74.0 cm³/mol. The fourth-order valence-electron chi connectivity index (χ4n) is 1.86. The van der Waals surface area contributed by atoms with E-state index < -0.39 is 17.9 Å². The molecule has 7 heteroatoms. The van der Waals surface area contributed by atoms with Crippen LogP contribution in [0.25, 0.3) is 0 Å². The number of benzene rings is 1. The number of rotatable bonds is 5. The number of carboxylic acids is 1. The lowest BCUT2D eigenvalue weighted by Crippen LogP contribution is -2.33. The summed E-state index contributed by atoms with van der Waals surface area (Å²) < 4.78 is 6.51. The van der Waals surface area contributed by atoms with Crippen LogP contribution in [0.2, 0.25) is 0 Å². The second-order valence-corrected chi connectivity index (χ2v) is 4.42. The van der Waals surface area contributed by atoms with E-state index in [2.05, 4.69) is 10.4 Å². The van der Waals surface area contributed by atoms with E-state index in [-0.39, 0.29) is 0 Å². The largest absolute Gasteiger partial charge is 0.497 e. The Morgan fingerprint density at radius 1 is 1.43 bits per heavy atom. The van der Waals surface area contributed by atoms with Crippen LogP contribution in [-0.4, -0.2) is 33.9 Å². The molecule has 0 radical (unpaired) electrons. The highest BCUT2D eigenvalue weighted by Crippen LogP contribution is 2.16. The van der Waals surface area contributed by atoms with Crippen molar-refractivity contribution in [3.05, 3.63) is 47.8 Å². The Balaban J connectivity index is 2.20. The molecule has 0 aliphatic rings. The number of amides is 1. The van der Waals surface area contributed by atoms with Crippen LogP contribution in [0.15, 0.2) is 36.7 Å². The minimum atomic E-state index is -1.16. The van der Waals surface area contributed by atoms with E-state index in [0.29, 0.717) is 16.9 Å². The Labute approximate surface area is 121 Å². The molecule has 21 heavy (non-hydrogen) atoms. The summed E-state index contributed by atoms with van der Waals surface area (Å²) in [6, 6.07) is 5.33. The minimum absolute atomic E-state index is 0.324. The number of nitrogens with one attached hydrogen (secondary N) is 1. The van der Waals surface area contributed by atoms with Crippen molar-refractivity contribution in [2.45, 2.75) is 6.04 Å². The van der Waals surface area contributed by atoms with Crippen molar-refractivity contribution in [1.29, 1.82) is 0 Å². The Hall–Kier alpha value is -2.83. The smallest absolute Gasteiger partial charge is 0.331 e. The lowest BCUT2D eigenvalue weighted by molar-refractivity contribution is -0.139. The number of carbonyl (C=O) groups excluding carboxylic acids is 1. The van der Waals surface area contributed by atoms with Gasteiger partial charge in [-0.3, -0.25) is 9.48 Å². The molecule has 1 atom stereocenters. The Bertz CT molecular complexity index is 666. The summed E-state index contributed by atoms with van der Waals surface area (Å²) in [5, 5.41) is 15.6. The highest BCUT2D eigenvalue weighted by molar-refractivity contribution is 5.97. The maximum absolute atomic E-state index is 12.2. The van der Waals surface area contributed by atoms with Crippen molar-refractivity contribution in [2.75, 3.05) is 7.11 Å². The van der Waals surface area contributed by atoms with Crippen LogP contribution in [0.3, 0.4) is 0 Å². The summed E-state index contributed by atoms with van der Waals surface area (Å²) in [5.74, 6) is -1.12. The molecule has 0 saturated carbocycles. The third-order valence-electron chi connectivity index (χ3n) is 2.91. The maximum Gasteiger partial charge on any atom is 0.331 e. The van der Waals surface area contributed by atoms with Gasteiger partial charge in [0, 0.05) is 24.4 Å². The summed E-state index contributed by atoms with van der Waals surface area (Å²) in [6.45, 7) is 0. The molecule has 1 heterocycles. The Morgan fingerprint density at radius 3 is 2.76 bits per heavy atom. The molecule has 0 saturated heterocycles. The number of methoxy groups -OCH3 is 1. The van der Waals surface area contributed by atoms with Crippen LogP contribution in [0.5, 0.6) is 5.75 Å². The van der Waals surface area contributed by atoms with Gasteiger partial charge in [0.1, 0.15) is 5.75 Å². The number of aliphatic carboxylic acids is 1. The first-order valence-corrected chi connectivity index (χ1v) is 6.17. The van der Waals surface area contributed by atoms with E-state index in [1.54, 1.807) is 31.4 Å². The molecule has 2 aromatic rings. The van der Waals surface area contributed by atoms with Crippen LogP contribution in [0.1, 0.15) is 22.0 Å². The number of hydrogen-bond donors (Lipinski definition) is 2. The molecule has 2 N–H and O–H groups in total. The first-order valence-electron chi connectivity index (χ1n) is 6.17. The normalized spacial score (nSPS) is 11.7. The van der Waals surface area contributed by atoms with Gasteiger partial charge in [0.2, 0.25) is 0 Å². The van der Waals surface area contributed by atoms with E-state index in [1.807, 2.05) is 0 Å². The van der Waals surface area contributed by atoms with Gasteiger partial charge in [-0.1, -0.05) is 6.07 Å². The first kappa shape index (κ1) is 14.6. The lowest BCUT2D eigenvalue weighted by Gasteiger charge is -2.13. The van der Waals surface area contributed by atoms with Crippen molar-refractivity contribution in [3.63, 3.8) is 0 Å². The van der Waals surface area contributed by atoms with Gasteiger partial charge in [-0.15, -0.1) is 0 Å².